The summed E-state index contributed by atoms with van der Waals surface area (Å²) in [6.45, 7) is 6.11. The van der Waals surface area contributed by atoms with Crippen LogP contribution in [0.3, 0.4) is 0 Å². The Morgan fingerprint density at radius 1 is 1.22 bits per heavy atom. The van der Waals surface area contributed by atoms with Crippen molar-refractivity contribution in [2.75, 3.05) is 0 Å². The summed E-state index contributed by atoms with van der Waals surface area (Å²) in [5.41, 5.74) is 5.39. The van der Waals surface area contributed by atoms with Gasteiger partial charge in [0.15, 0.2) is 5.69 Å². The van der Waals surface area contributed by atoms with Gasteiger partial charge >= 0.3 is 0 Å². The summed E-state index contributed by atoms with van der Waals surface area (Å²) >= 11 is 0. The standard InChI is InChI=1S/C15H17N3/c1-10-4-5-13(11(2)8-10)6-7-14-15(9-16)18-12(3)17-14/h4-5,8H,6-7H2,1-3H3,(H,17,18). The van der Waals surface area contributed by atoms with E-state index in [1.54, 1.807) is 0 Å². The molecule has 1 N–H and O–H groups in total. The molecular weight excluding hydrogens is 222 g/mol. The SMILES string of the molecule is Cc1ccc(CCc2[nH]c(C)nc2C#N)c(C)c1. The second-order valence-corrected chi connectivity index (χ2v) is 4.69. The van der Waals surface area contributed by atoms with Crippen molar-refractivity contribution >= 4 is 0 Å². The summed E-state index contributed by atoms with van der Waals surface area (Å²) in [6, 6.07) is 8.62. The van der Waals surface area contributed by atoms with Crippen LogP contribution in [0.1, 0.15) is 33.9 Å². The molecule has 0 unspecified atom stereocenters. The lowest BCUT2D eigenvalue weighted by Crippen LogP contribution is -1.97. The molecule has 1 aromatic carbocycles. The predicted octanol–water partition coefficient (Wildman–Crippen LogP) is 2.99. The number of H-pyrrole nitrogens is 1. The third kappa shape index (κ3) is 2.60. The number of nitrogens with zero attached hydrogens (tertiary/aromatic N) is 2. The average molecular weight is 239 g/mol. The van der Waals surface area contributed by atoms with Crippen molar-refractivity contribution in [2.45, 2.75) is 33.6 Å². The Morgan fingerprint density at radius 3 is 2.67 bits per heavy atom. The molecule has 1 heterocycles. The monoisotopic (exact) mass is 239 g/mol. The molecule has 2 rings (SSSR count). The van der Waals surface area contributed by atoms with Crippen LogP contribution in [0.5, 0.6) is 0 Å². The number of benzene rings is 1. The van der Waals surface area contributed by atoms with Gasteiger partial charge < -0.3 is 4.98 Å². The Kier molecular flexibility index (Phi) is 3.47. The number of rotatable bonds is 3. The Labute approximate surface area is 107 Å². The largest absolute Gasteiger partial charge is 0.345 e. The number of hydrogen-bond donors (Lipinski definition) is 1. The third-order valence-electron chi connectivity index (χ3n) is 3.15. The van der Waals surface area contributed by atoms with Crippen LogP contribution in [0.4, 0.5) is 0 Å². The fraction of sp³-hybridized carbons (Fsp3) is 0.333. The van der Waals surface area contributed by atoms with Gasteiger partial charge in [-0.1, -0.05) is 23.8 Å². The van der Waals surface area contributed by atoms with Crippen LogP contribution < -0.4 is 0 Å². The number of aromatic nitrogens is 2. The predicted molar refractivity (Wildman–Crippen MR) is 71.4 cm³/mol. The van der Waals surface area contributed by atoms with E-state index in [-0.39, 0.29) is 0 Å². The van der Waals surface area contributed by atoms with Crippen molar-refractivity contribution < 1.29 is 0 Å². The van der Waals surface area contributed by atoms with Crippen LogP contribution in [0.25, 0.3) is 0 Å². The number of aromatic amines is 1. The summed E-state index contributed by atoms with van der Waals surface area (Å²) in [5, 5.41) is 8.99. The first-order chi connectivity index (χ1) is 8.60. The van der Waals surface area contributed by atoms with E-state index in [0.29, 0.717) is 5.69 Å². The molecule has 0 fully saturated rings. The molecule has 0 bridgehead atoms. The van der Waals surface area contributed by atoms with E-state index in [2.05, 4.69) is 48.1 Å². The first-order valence-electron chi connectivity index (χ1n) is 6.12. The van der Waals surface area contributed by atoms with Gasteiger partial charge in [0.05, 0.1) is 5.69 Å². The van der Waals surface area contributed by atoms with Crippen molar-refractivity contribution in [3.05, 3.63) is 52.1 Å². The molecule has 3 heteroatoms. The molecule has 0 aliphatic rings. The van der Waals surface area contributed by atoms with Crippen molar-refractivity contribution in [3.63, 3.8) is 0 Å². The van der Waals surface area contributed by atoms with Crippen LogP contribution in [0.2, 0.25) is 0 Å². The van der Waals surface area contributed by atoms with Crippen LogP contribution in [-0.4, -0.2) is 9.97 Å². The summed E-state index contributed by atoms with van der Waals surface area (Å²) in [4.78, 5) is 7.32. The average Bonchev–Trinajstić information content (AvgIpc) is 2.68. The minimum Gasteiger partial charge on any atom is -0.345 e. The lowest BCUT2D eigenvalue weighted by atomic mass is 10.0. The molecule has 3 nitrogen and oxygen atoms in total. The molecule has 1 aromatic heterocycles. The van der Waals surface area contributed by atoms with E-state index in [4.69, 9.17) is 5.26 Å². The normalized spacial score (nSPS) is 10.3. The molecule has 92 valence electrons. The van der Waals surface area contributed by atoms with Gasteiger partial charge in [0, 0.05) is 0 Å². The van der Waals surface area contributed by atoms with Gasteiger partial charge in [0.1, 0.15) is 11.9 Å². The fourth-order valence-corrected chi connectivity index (χ4v) is 2.20. The zero-order valence-electron chi connectivity index (χ0n) is 11.0. The zero-order chi connectivity index (χ0) is 13.1. The van der Waals surface area contributed by atoms with Gasteiger partial charge in [-0.15, -0.1) is 0 Å². The summed E-state index contributed by atoms with van der Waals surface area (Å²) < 4.78 is 0. The number of imidazole rings is 1. The lowest BCUT2D eigenvalue weighted by Gasteiger charge is -2.06. The number of aryl methyl sites for hydroxylation is 5. The van der Waals surface area contributed by atoms with Crippen LogP contribution in [-0.2, 0) is 12.8 Å². The van der Waals surface area contributed by atoms with E-state index >= 15 is 0 Å². The number of nitrogens with one attached hydrogen (secondary N) is 1. The molecule has 2 aromatic rings. The maximum absolute atomic E-state index is 8.99. The van der Waals surface area contributed by atoms with Crippen LogP contribution >= 0.6 is 0 Å². The Bertz CT molecular complexity index is 603. The topological polar surface area (TPSA) is 52.5 Å². The molecule has 0 aliphatic carbocycles. The second-order valence-electron chi connectivity index (χ2n) is 4.69. The van der Waals surface area contributed by atoms with E-state index in [0.717, 1.165) is 24.4 Å². The lowest BCUT2D eigenvalue weighted by molar-refractivity contribution is 0.907. The Hall–Kier alpha value is -2.08. The van der Waals surface area contributed by atoms with Crippen molar-refractivity contribution in [2.24, 2.45) is 0 Å². The summed E-state index contributed by atoms with van der Waals surface area (Å²) in [7, 11) is 0. The molecule has 0 saturated carbocycles. The highest BCUT2D eigenvalue weighted by Crippen LogP contribution is 2.14. The van der Waals surface area contributed by atoms with Gasteiger partial charge in [-0.25, -0.2) is 4.98 Å². The molecule has 0 atom stereocenters. The van der Waals surface area contributed by atoms with E-state index in [1.165, 1.54) is 16.7 Å². The number of hydrogen-bond acceptors (Lipinski definition) is 2. The van der Waals surface area contributed by atoms with Gasteiger partial charge in [0.25, 0.3) is 0 Å². The quantitative estimate of drug-likeness (QED) is 0.895. The van der Waals surface area contributed by atoms with Gasteiger partial charge in [0.2, 0.25) is 0 Å². The van der Waals surface area contributed by atoms with E-state index in [9.17, 15) is 0 Å². The van der Waals surface area contributed by atoms with Crippen LogP contribution in [0, 0.1) is 32.1 Å². The molecule has 0 amide bonds. The minimum absolute atomic E-state index is 0.525. The minimum atomic E-state index is 0.525. The molecule has 0 saturated heterocycles. The fourth-order valence-electron chi connectivity index (χ4n) is 2.20. The highest BCUT2D eigenvalue weighted by molar-refractivity contribution is 5.32. The molecule has 0 spiro atoms. The van der Waals surface area contributed by atoms with Gasteiger partial charge in [-0.3, -0.25) is 0 Å². The Morgan fingerprint density at radius 2 is 2.00 bits per heavy atom. The first kappa shape index (κ1) is 12.4. The first-order valence-corrected chi connectivity index (χ1v) is 6.12. The molecule has 18 heavy (non-hydrogen) atoms. The van der Waals surface area contributed by atoms with Crippen molar-refractivity contribution in [3.8, 4) is 6.07 Å². The third-order valence-corrected chi connectivity index (χ3v) is 3.15. The summed E-state index contributed by atoms with van der Waals surface area (Å²) in [5.74, 6) is 0.808. The smallest absolute Gasteiger partial charge is 0.161 e. The zero-order valence-corrected chi connectivity index (χ0v) is 11.0. The summed E-state index contributed by atoms with van der Waals surface area (Å²) in [6.07, 6.45) is 1.76. The van der Waals surface area contributed by atoms with Gasteiger partial charge in [-0.2, -0.15) is 5.26 Å². The number of nitriles is 1. The Balaban J connectivity index is 2.14. The van der Waals surface area contributed by atoms with Gasteiger partial charge in [-0.05, 0) is 44.7 Å². The highest BCUT2D eigenvalue weighted by atomic mass is 14.9. The van der Waals surface area contributed by atoms with E-state index < -0.39 is 0 Å². The molecule has 0 aliphatic heterocycles. The second kappa shape index (κ2) is 5.05. The highest BCUT2D eigenvalue weighted by Gasteiger charge is 2.08. The molecule has 0 radical (unpaired) electrons. The van der Waals surface area contributed by atoms with Crippen molar-refractivity contribution in [1.29, 1.82) is 5.26 Å². The maximum Gasteiger partial charge on any atom is 0.161 e. The van der Waals surface area contributed by atoms with E-state index in [1.807, 2.05) is 6.92 Å². The van der Waals surface area contributed by atoms with Crippen LogP contribution in [0.15, 0.2) is 18.2 Å². The maximum atomic E-state index is 8.99. The molecular formula is C15H17N3. The van der Waals surface area contributed by atoms with Crippen molar-refractivity contribution in [1.82, 2.24) is 9.97 Å².